The number of benzene rings is 2. The number of hydrogen-bond acceptors (Lipinski definition) is 5. The van der Waals surface area contributed by atoms with Gasteiger partial charge in [0.25, 0.3) is 11.6 Å². The maximum atomic E-state index is 12.7. The van der Waals surface area contributed by atoms with Crippen molar-refractivity contribution in [1.82, 2.24) is 9.62 Å². The maximum absolute atomic E-state index is 12.7. The maximum Gasteiger partial charge on any atom is 0.269 e. The van der Waals surface area contributed by atoms with E-state index >= 15 is 0 Å². The highest BCUT2D eigenvalue weighted by Crippen LogP contribution is 2.23. The van der Waals surface area contributed by atoms with Crippen molar-refractivity contribution in [2.45, 2.75) is 30.7 Å². The molecule has 0 radical (unpaired) electrons. The molecule has 0 bridgehead atoms. The Hall–Kier alpha value is -2.78. The summed E-state index contributed by atoms with van der Waals surface area (Å²) in [7, 11) is -3.61. The number of nitrogens with one attached hydrogen (secondary N) is 1. The number of sulfonamides is 1. The van der Waals surface area contributed by atoms with Crippen LogP contribution in [0.1, 0.15) is 41.7 Å². The summed E-state index contributed by atoms with van der Waals surface area (Å²) in [4.78, 5) is 23.1. The molecule has 0 saturated carbocycles. The molecule has 1 atom stereocenters. The molecule has 1 amide bonds. The first-order chi connectivity index (χ1) is 13.3. The lowest BCUT2D eigenvalue weighted by Crippen LogP contribution is -2.29. The van der Waals surface area contributed by atoms with Gasteiger partial charge in [-0.2, -0.15) is 4.31 Å². The van der Waals surface area contributed by atoms with E-state index in [0.717, 1.165) is 12.8 Å². The van der Waals surface area contributed by atoms with E-state index in [0.29, 0.717) is 18.7 Å². The molecule has 9 heteroatoms. The fraction of sp³-hybridized carbons (Fsp3) is 0.316. The molecular weight excluding hydrogens is 382 g/mol. The van der Waals surface area contributed by atoms with Crippen LogP contribution in [0, 0.1) is 10.1 Å². The van der Waals surface area contributed by atoms with Crippen molar-refractivity contribution in [2.75, 3.05) is 13.1 Å². The summed E-state index contributed by atoms with van der Waals surface area (Å²) in [6.45, 7) is 2.69. The number of carbonyl (C=O) groups is 1. The van der Waals surface area contributed by atoms with Gasteiger partial charge in [0.2, 0.25) is 10.0 Å². The molecule has 1 aliphatic rings. The van der Waals surface area contributed by atoms with E-state index in [2.05, 4.69) is 5.32 Å². The molecule has 28 heavy (non-hydrogen) atoms. The number of carbonyl (C=O) groups excluding carboxylic acids is 1. The summed E-state index contributed by atoms with van der Waals surface area (Å²) in [5.74, 6) is -0.447. The van der Waals surface area contributed by atoms with Gasteiger partial charge in [0.05, 0.1) is 15.9 Å². The summed E-state index contributed by atoms with van der Waals surface area (Å²) >= 11 is 0. The van der Waals surface area contributed by atoms with Gasteiger partial charge in [-0.3, -0.25) is 14.9 Å². The van der Waals surface area contributed by atoms with E-state index in [1.165, 1.54) is 34.6 Å². The number of amides is 1. The van der Waals surface area contributed by atoms with E-state index in [4.69, 9.17) is 0 Å². The van der Waals surface area contributed by atoms with Gasteiger partial charge < -0.3 is 5.32 Å². The second kappa shape index (κ2) is 8.07. The number of nitrogens with zero attached hydrogens (tertiary/aromatic N) is 2. The Kier molecular flexibility index (Phi) is 5.76. The zero-order valence-electron chi connectivity index (χ0n) is 15.4. The van der Waals surface area contributed by atoms with E-state index in [1.807, 2.05) is 0 Å². The van der Waals surface area contributed by atoms with Crippen LogP contribution in [0.5, 0.6) is 0 Å². The third-order valence-corrected chi connectivity index (χ3v) is 6.62. The Morgan fingerprint density at radius 1 is 1.14 bits per heavy atom. The molecule has 2 aromatic carbocycles. The second-order valence-corrected chi connectivity index (χ2v) is 8.62. The van der Waals surface area contributed by atoms with Crippen LogP contribution in [-0.4, -0.2) is 36.6 Å². The number of non-ortho nitro benzene ring substituents is 1. The van der Waals surface area contributed by atoms with Crippen molar-refractivity contribution >= 4 is 21.6 Å². The Balaban J connectivity index is 1.78. The summed E-state index contributed by atoms with van der Waals surface area (Å²) in [5, 5.41) is 13.7. The molecule has 1 unspecified atom stereocenters. The van der Waals surface area contributed by atoms with Gasteiger partial charge >= 0.3 is 0 Å². The quantitative estimate of drug-likeness (QED) is 0.589. The van der Waals surface area contributed by atoms with Crippen molar-refractivity contribution in [3.8, 4) is 0 Å². The number of nitro groups is 1. The Bertz CT molecular complexity index is 1000. The summed E-state index contributed by atoms with van der Waals surface area (Å²) < 4.78 is 26.8. The van der Waals surface area contributed by atoms with Crippen molar-refractivity contribution in [1.29, 1.82) is 0 Å². The fourth-order valence-corrected chi connectivity index (χ4v) is 4.71. The lowest BCUT2D eigenvalue weighted by atomic mass is 10.1. The Morgan fingerprint density at radius 3 is 2.50 bits per heavy atom. The minimum absolute atomic E-state index is 0.0581. The lowest BCUT2D eigenvalue weighted by Gasteiger charge is -2.17. The van der Waals surface area contributed by atoms with Crippen LogP contribution in [0.2, 0.25) is 0 Å². The molecule has 8 nitrogen and oxygen atoms in total. The van der Waals surface area contributed by atoms with Gasteiger partial charge in [-0.1, -0.05) is 18.2 Å². The van der Waals surface area contributed by atoms with Crippen LogP contribution in [0.3, 0.4) is 0 Å². The van der Waals surface area contributed by atoms with Gasteiger partial charge in [-0.25, -0.2) is 8.42 Å². The first-order valence-corrected chi connectivity index (χ1v) is 10.4. The number of hydrogen-bond donors (Lipinski definition) is 1. The molecule has 0 aliphatic carbocycles. The minimum atomic E-state index is -3.61. The minimum Gasteiger partial charge on any atom is -0.346 e. The van der Waals surface area contributed by atoms with Crippen LogP contribution in [0.4, 0.5) is 5.69 Å². The zero-order valence-corrected chi connectivity index (χ0v) is 16.2. The predicted molar refractivity (Wildman–Crippen MR) is 103 cm³/mol. The van der Waals surface area contributed by atoms with Crippen molar-refractivity contribution in [3.05, 3.63) is 69.8 Å². The highest BCUT2D eigenvalue weighted by Gasteiger charge is 2.27. The van der Waals surface area contributed by atoms with Gasteiger partial charge in [0, 0.05) is 30.8 Å². The zero-order chi connectivity index (χ0) is 20.3. The topological polar surface area (TPSA) is 110 Å². The van der Waals surface area contributed by atoms with Crippen molar-refractivity contribution in [3.63, 3.8) is 0 Å². The van der Waals surface area contributed by atoms with Crippen LogP contribution < -0.4 is 5.32 Å². The molecule has 2 aromatic rings. The molecule has 148 valence electrons. The molecule has 1 N–H and O–H groups in total. The second-order valence-electron chi connectivity index (χ2n) is 6.69. The van der Waals surface area contributed by atoms with Gasteiger partial charge in [-0.15, -0.1) is 0 Å². The van der Waals surface area contributed by atoms with Crippen LogP contribution in [0.15, 0.2) is 53.4 Å². The van der Waals surface area contributed by atoms with Crippen LogP contribution in [-0.2, 0) is 10.0 Å². The normalized spacial score (nSPS) is 15.9. The Labute approximate surface area is 163 Å². The standard InChI is InChI=1S/C19H21N3O5S/c1-14(15-6-4-8-17(12-15)22(24)25)20-19(23)16-7-5-9-18(13-16)28(26,27)21-10-2-3-11-21/h4-9,12-14H,2-3,10-11H2,1H3,(H,20,23). The largest absolute Gasteiger partial charge is 0.346 e. The van der Waals surface area contributed by atoms with E-state index in [9.17, 15) is 23.3 Å². The van der Waals surface area contributed by atoms with E-state index < -0.39 is 26.9 Å². The average molecular weight is 403 g/mol. The molecular formula is C19H21N3O5S. The molecule has 3 rings (SSSR count). The van der Waals surface area contributed by atoms with Gasteiger partial charge in [0.1, 0.15) is 0 Å². The lowest BCUT2D eigenvalue weighted by molar-refractivity contribution is -0.384. The first kappa shape index (κ1) is 20.0. The SMILES string of the molecule is CC(NC(=O)c1cccc(S(=O)(=O)N2CCCC2)c1)c1cccc([N+](=O)[O-])c1. The van der Waals surface area contributed by atoms with E-state index in [1.54, 1.807) is 25.1 Å². The van der Waals surface area contributed by atoms with Crippen LogP contribution in [0.25, 0.3) is 0 Å². The highest BCUT2D eigenvalue weighted by atomic mass is 32.2. The average Bonchev–Trinajstić information content (AvgIpc) is 3.24. The number of nitro benzene ring substituents is 1. The predicted octanol–water partition coefficient (Wildman–Crippen LogP) is 2.87. The molecule has 1 fully saturated rings. The highest BCUT2D eigenvalue weighted by molar-refractivity contribution is 7.89. The number of rotatable bonds is 6. The molecule has 0 spiro atoms. The first-order valence-electron chi connectivity index (χ1n) is 8.94. The van der Waals surface area contributed by atoms with Gasteiger partial charge in [0.15, 0.2) is 0 Å². The smallest absolute Gasteiger partial charge is 0.269 e. The third kappa shape index (κ3) is 4.20. The fourth-order valence-electron chi connectivity index (χ4n) is 3.15. The van der Waals surface area contributed by atoms with E-state index in [-0.39, 0.29) is 16.1 Å². The van der Waals surface area contributed by atoms with Crippen LogP contribution >= 0.6 is 0 Å². The Morgan fingerprint density at radius 2 is 1.82 bits per heavy atom. The molecule has 1 aliphatic heterocycles. The van der Waals surface area contributed by atoms with Crippen molar-refractivity contribution < 1.29 is 18.1 Å². The van der Waals surface area contributed by atoms with Gasteiger partial charge in [-0.05, 0) is 43.5 Å². The molecule has 1 saturated heterocycles. The van der Waals surface area contributed by atoms with Crippen molar-refractivity contribution in [2.24, 2.45) is 0 Å². The summed E-state index contributed by atoms with van der Waals surface area (Å²) in [5.41, 5.74) is 0.748. The summed E-state index contributed by atoms with van der Waals surface area (Å²) in [6.07, 6.45) is 1.67. The monoisotopic (exact) mass is 403 g/mol. The summed E-state index contributed by atoms with van der Waals surface area (Å²) in [6, 6.07) is 11.5. The third-order valence-electron chi connectivity index (χ3n) is 4.73. The molecule has 0 aromatic heterocycles. The molecule has 1 heterocycles.